The molecule has 3 rings (SSSR count). The van der Waals surface area contributed by atoms with E-state index in [2.05, 4.69) is 6.92 Å². The number of benzene rings is 3. The molecule has 0 fully saturated rings. The van der Waals surface area contributed by atoms with Crippen LogP contribution >= 0.6 is 0 Å². The summed E-state index contributed by atoms with van der Waals surface area (Å²) in [4.78, 5) is 11.7. The quantitative estimate of drug-likeness (QED) is 0.728. The van der Waals surface area contributed by atoms with Gasteiger partial charge in [0.25, 0.3) is 0 Å². The molecule has 0 spiro atoms. The lowest BCUT2D eigenvalue weighted by atomic mass is 9.99. The first kappa shape index (κ1) is 16.1. The number of aryl methyl sites for hydroxylation is 1. The molecule has 0 heterocycles. The lowest BCUT2D eigenvalue weighted by Crippen LogP contribution is -2.29. The maximum absolute atomic E-state index is 11.7. The van der Waals surface area contributed by atoms with Gasteiger partial charge in [0.2, 0.25) is 0 Å². The first-order chi connectivity index (χ1) is 11.7. The molecule has 0 amide bonds. The molecular formula is C21H20O3. The van der Waals surface area contributed by atoms with Crippen molar-refractivity contribution in [2.24, 2.45) is 0 Å². The van der Waals surface area contributed by atoms with Crippen molar-refractivity contribution in [3.05, 3.63) is 77.9 Å². The highest BCUT2D eigenvalue weighted by atomic mass is 16.5. The Morgan fingerprint density at radius 2 is 1.62 bits per heavy atom. The minimum atomic E-state index is -0.950. The molecule has 3 nitrogen and oxygen atoms in total. The number of carbonyl (C=O) groups is 1. The van der Waals surface area contributed by atoms with Crippen LogP contribution in [0.2, 0.25) is 0 Å². The molecule has 3 aromatic carbocycles. The van der Waals surface area contributed by atoms with Gasteiger partial charge < -0.3 is 9.84 Å². The molecule has 3 heteroatoms. The van der Waals surface area contributed by atoms with E-state index in [9.17, 15) is 9.90 Å². The van der Waals surface area contributed by atoms with E-state index < -0.39 is 12.1 Å². The van der Waals surface area contributed by atoms with Crippen LogP contribution in [0.4, 0.5) is 0 Å². The minimum Gasteiger partial charge on any atom is -0.478 e. The van der Waals surface area contributed by atoms with Gasteiger partial charge in [-0.25, -0.2) is 4.79 Å². The van der Waals surface area contributed by atoms with Gasteiger partial charge in [0.15, 0.2) is 6.10 Å². The Kier molecular flexibility index (Phi) is 4.80. The van der Waals surface area contributed by atoms with Crippen LogP contribution in [0.3, 0.4) is 0 Å². The maximum atomic E-state index is 11.7. The molecule has 1 N–H and O–H groups in total. The highest BCUT2D eigenvalue weighted by Gasteiger charge is 2.22. The fourth-order valence-corrected chi connectivity index (χ4v) is 2.93. The average molecular weight is 320 g/mol. The van der Waals surface area contributed by atoms with Gasteiger partial charge in [-0.2, -0.15) is 0 Å². The van der Waals surface area contributed by atoms with Crippen molar-refractivity contribution in [2.45, 2.75) is 25.9 Å². The monoisotopic (exact) mass is 320 g/mol. The van der Waals surface area contributed by atoms with Crippen molar-refractivity contribution in [1.82, 2.24) is 0 Å². The summed E-state index contributed by atoms with van der Waals surface area (Å²) in [5.74, 6) is -0.344. The predicted octanol–water partition coefficient (Wildman–Crippen LogP) is 4.48. The van der Waals surface area contributed by atoms with Gasteiger partial charge >= 0.3 is 5.97 Å². The van der Waals surface area contributed by atoms with Crippen molar-refractivity contribution >= 4 is 16.7 Å². The fourth-order valence-electron chi connectivity index (χ4n) is 2.93. The van der Waals surface area contributed by atoms with E-state index in [0.717, 1.165) is 28.3 Å². The molecule has 0 aliphatic rings. The first-order valence-electron chi connectivity index (χ1n) is 8.13. The van der Waals surface area contributed by atoms with Crippen molar-refractivity contribution in [3.8, 4) is 5.75 Å². The molecule has 0 aliphatic carbocycles. The Balaban J connectivity index is 1.90. The standard InChI is InChI=1S/C21H20O3/c1-2-15-8-3-4-10-17(15)14-20(21(22)23)24-19-13-7-11-16-9-5-6-12-18(16)19/h3-13,20H,2,14H2,1H3,(H,22,23)/t20-/m0/s1. The zero-order chi connectivity index (χ0) is 16.9. The van der Waals surface area contributed by atoms with Crippen LogP contribution in [-0.2, 0) is 17.6 Å². The molecule has 3 aromatic rings. The second-order valence-corrected chi connectivity index (χ2v) is 5.75. The van der Waals surface area contributed by atoms with Gasteiger partial charge in [-0.15, -0.1) is 0 Å². The average Bonchev–Trinajstić information content (AvgIpc) is 2.61. The SMILES string of the molecule is CCc1ccccc1C[C@H](Oc1cccc2ccccc12)C(=O)O. The van der Waals surface area contributed by atoms with E-state index >= 15 is 0 Å². The Morgan fingerprint density at radius 1 is 0.958 bits per heavy atom. The number of rotatable bonds is 6. The molecule has 122 valence electrons. The molecule has 0 unspecified atom stereocenters. The van der Waals surface area contributed by atoms with Gasteiger partial charge in [0.05, 0.1) is 0 Å². The van der Waals surface area contributed by atoms with Crippen LogP contribution in [0.25, 0.3) is 10.8 Å². The number of ether oxygens (including phenoxy) is 1. The fraction of sp³-hybridized carbons (Fsp3) is 0.190. The molecule has 0 saturated carbocycles. The van der Waals surface area contributed by atoms with Crippen molar-refractivity contribution in [1.29, 1.82) is 0 Å². The van der Waals surface area contributed by atoms with E-state index in [0.29, 0.717) is 12.2 Å². The summed E-state index contributed by atoms with van der Waals surface area (Å²) in [6.07, 6.45) is 0.308. The largest absolute Gasteiger partial charge is 0.478 e. The van der Waals surface area contributed by atoms with Crippen LogP contribution in [0.15, 0.2) is 66.7 Å². The van der Waals surface area contributed by atoms with E-state index in [1.54, 1.807) is 0 Å². The van der Waals surface area contributed by atoms with Crippen LogP contribution in [0, 0.1) is 0 Å². The Morgan fingerprint density at radius 3 is 2.38 bits per heavy atom. The summed E-state index contributed by atoms with van der Waals surface area (Å²) in [6.45, 7) is 2.07. The molecule has 1 atom stereocenters. The summed E-state index contributed by atoms with van der Waals surface area (Å²) >= 11 is 0. The van der Waals surface area contributed by atoms with Gasteiger partial charge in [-0.3, -0.25) is 0 Å². The van der Waals surface area contributed by atoms with E-state index in [4.69, 9.17) is 4.74 Å². The normalized spacial score (nSPS) is 12.0. The topological polar surface area (TPSA) is 46.5 Å². The second kappa shape index (κ2) is 7.18. The zero-order valence-corrected chi connectivity index (χ0v) is 13.6. The van der Waals surface area contributed by atoms with E-state index in [1.807, 2.05) is 66.7 Å². The number of hydrogen-bond acceptors (Lipinski definition) is 2. The summed E-state index contributed by atoms with van der Waals surface area (Å²) in [5, 5.41) is 11.6. The molecule has 0 bridgehead atoms. The van der Waals surface area contributed by atoms with Crippen LogP contribution in [-0.4, -0.2) is 17.2 Å². The third kappa shape index (κ3) is 3.40. The van der Waals surface area contributed by atoms with Gasteiger partial charge in [0, 0.05) is 11.8 Å². The zero-order valence-electron chi connectivity index (χ0n) is 13.6. The molecule has 0 aliphatic heterocycles. The van der Waals surface area contributed by atoms with Crippen LogP contribution in [0.1, 0.15) is 18.1 Å². The van der Waals surface area contributed by atoms with E-state index in [1.165, 1.54) is 0 Å². The van der Waals surface area contributed by atoms with Crippen LogP contribution in [0.5, 0.6) is 5.75 Å². The molecule has 24 heavy (non-hydrogen) atoms. The van der Waals surface area contributed by atoms with Crippen LogP contribution < -0.4 is 4.74 Å². The molecular weight excluding hydrogens is 300 g/mol. The summed E-state index contributed by atoms with van der Waals surface area (Å²) in [5.41, 5.74) is 2.18. The Hall–Kier alpha value is -2.81. The molecule has 0 aromatic heterocycles. The van der Waals surface area contributed by atoms with Crippen molar-refractivity contribution in [3.63, 3.8) is 0 Å². The highest BCUT2D eigenvalue weighted by molar-refractivity contribution is 5.88. The number of hydrogen-bond donors (Lipinski definition) is 1. The third-order valence-electron chi connectivity index (χ3n) is 4.20. The van der Waals surface area contributed by atoms with E-state index in [-0.39, 0.29) is 0 Å². The number of aliphatic carboxylic acids is 1. The lowest BCUT2D eigenvalue weighted by Gasteiger charge is -2.18. The van der Waals surface area contributed by atoms with Gasteiger partial charge in [0.1, 0.15) is 5.75 Å². The Bertz CT molecular complexity index is 849. The smallest absolute Gasteiger partial charge is 0.345 e. The predicted molar refractivity (Wildman–Crippen MR) is 95.5 cm³/mol. The molecule has 0 saturated heterocycles. The minimum absolute atomic E-state index is 0.350. The third-order valence-corrected chi connectivity index (χ3v) is 4.20. The second-order valence-electron chi connectivity index (χ2n) is 5.75. The number of carboxylic acid groups (broad SMARTS) is 1. The maximum Gasteiger partial charge on any atom is 0.345 e. The van der Waals surface area contributed by atoms with Gasteiger partial charge in [-0.05, 0) is 29.0 Å². The van der Waals surface area contributed by atoms with Gasteiger partial charge in [-0.1, -0.05) is 67.6 Å². The molecule has 0 radical (unpaired) electrons. The number of carboxylic acids is 1. The van der Waals surface area contributed by atoms with Crippen molar-refractivity contribution in [2.75, 3.05) is 0 Å². The summed E-state index contributed by atoms with van der Waals surface area (Å²) < 4.78 is 5.89. The number of fused-ring (bicyclic) bond motifs is 1. The Labute approximate surface area is 141 Å². The van der Waals surface area contributed by atoms with Crippen molar-refractivity contribution < 1.29 is 14.6 Å². The highest BCUT2D eigenvalue weighted by Crippen LogP contribution is 2.27. The summed E-state index contributed by atoms with van der Waals surface area (Å²) in [7, 11) is 0. The lowest BCUT2D eigenvalue weighted by molar-refractivity contribution is -0.144. The first-order valence-corrected chi connectivity index (χ1v) is 8.13. The summed E-state index contributed by atoms with van der Waals surface area (Å²) in [6, 6.07) is 21.4.